The van der Waals surface area contributed by atoms with E-state index in [4.69, 9.17) is 4.55 Å². The highest BCUT2D eigenvalue weighted by Crippen LogP contribution is 1.93. The molecule has 0 aliphatic rings. The first-order valence-corrected chi connectivity index (χ1v) is 5.75. The van der Waals surface area contributed by atoms with Gasteiger partial charge >= 0.3 is 0 Å². The van der Waals surface area contributed by atoms with Crippen molar-refractivity contribution in [2.45, 2.75) is 32.7 Å². The van der Waals surface area contributed by atoms with Gasteiger partial charge in [-0.05, 0) is 13.3 Å². The van der Waals surface area contributed by atoms with Crippen LogP contribution in [0.2, 0.25) is 0 Å². The van der Waals surface area contributed by atoms with Gasteiger partial charge in [-0.1, -0.05) is 13.3 Å². The van der Waals surface area contributed by atoms with E-state index in [2.05, 4.69) is 12.2 Å². The summed E-state index contributed by atoms with van der Waals surface area (Å²) in [6.45, 7) is 4.38. The maximum Gasteiger partial charge on any atom is 0.266 e. The van der Waals surface area contributed by atoms with Gasteiger partial charge in [-0.2, -0.15) is 8.42 Å². The summed E-state index contributed by atoms with van der Waals surface area (Å²) in [5, 5.41) is 3.00. The third-order valence-corrected chi connectivity index (χ3v) is 2.29. The molecule has 4 nitrogen and oxygen atoms in total. The van der Waals surface area contributed by atoms with Gasteiger partial charge in [0.05, 0.1) is 5.75 Å². The van der Waals surface area contributed by atoms with E-state index in [0.717, 1.165) is 12.8 Å². The highest BCUT2D eigenvalue weighted by Gasteiger charge is 2.05. The Morgan fingerprint density at radius 3 is 2.50 bits per heavy atom. The van der Waals surface area contributed by atoms with Gasteiger partial charge in [-0.3, -0.25) is 4.55 Å². The van der Waals surface area contributed by atoms with Crippen molar-refractivity contribution in [3.05, 3.63) is 0 Å². The second-order valence-electron chi connectivity index (χ2n) is 2.93. The third kappa shape index (κ3) is 7.97. The molecule has 0 saturated carbocycles. The summed E-state index contributed by atoms with van der Waals surface area (Å²) < 4.78 is 29.0. The Balaban J connectivity index is 3.44. The molecule has 1 atom stereocenters. The molecule has 0 amide bonds. The van der Waals surface area contributed by atoms with Crippen LogP contribution in [0.25, 0.3) is 0 Å². The average molecular weight is 195 g/mol. The molecular formula is C7H17NO3S. The van der Waals surface area contributed by atoms with Crippen LogP contribution in [0.15, 0.2) is 0 Å². The average Bonchev–Trinajstić information content (AvgIpc) is 1.84. The van der Waals surface area contributed by atoms with Crippen molar-refractivity contribution < 1.29 is 13.0 Å². The SMILES string of the molecule is CCC[C@@H](C)NCCS(=O)(=O)O. The predicted molar refractivity (Wildman–Crippen MR) is 48.8 cm³/mol. The topological polar surface area (TPSA) is 66.4 Å². The Labute approximate surface area is 74.1 Å². The van der Waals surface area contributed by atoms with Crippen molar-refractivity contribution in [2.75, 3.05) is 12.3 Å². The zero-order chi connectivity index (χ0) is 9.61. The monoisotopic (exact) mass is 195 g/mol. The van der Waals surface area contributed by atoms with Crippen LogP contribution in [0.1, 0.15) is 26.7 Å². The molecule has 12 heavy (non-hydrogen) atoms. The summed E-state index contributed by atoms with van der Waals surface area (Å²) >= 11 is 0. The summed E-state index contributed by atoms with van der Waals surface area (Å²) in [5.74, 6) is -0.207. The summed E-state index contributed by atoms with van der Waals surface area (Å²) in [7, 11) is -3.80. The molecule has 0 heterocycles. The van der Waals surface area contributed by atoms with Crippen molar-refractivity contribution in [1.82, 2.24) is 5.32 Å². The van der Waals surface area contributed by atoms with Gasteiger partial charge in [0.1, 0.15) is 0 Å². The molecule has 5 heteroatoms. The molecule has 74 valence electrons. The highest BCUT2D eigenvalue weighted by molar-refractivity contribution is 7.85. The molecule has 0 fully saturated rings. The van der Waals surface area contributed by atoms with E-state index >= 15 is 0 Å². The first-order chi connectivity index (χ1) is 5.45. The van der Waals surface area contributed by atoms with Crippen molar-refractivity contribution in [3.8, 4) is 0 Å². The second kappa shape index (κ2) is 5.50. The Kier molecular flexibility index (Phi) is 5.44. The number of nitrogens with one attached hydrogen (secondary N) is 1. The number of hydrogen-bond acceptors (Lipinski definition) is 3. The van der Waals surface area contributed by atoms with Gasteiger partial charge in [0.15, 0.2) is 0 Å². The van der Waals surface area contributed by atoms with Crippen LogP contribution in [0, 0.1) is 0 Å². The zero-order valence-electron chi connectivity index (χ0n) is 7.58. The van der Waals surface area contributed by atoms with Gasteiger partial charge in [0.25, 0.3) is 10.1 Å². The molecule has 2 N–H and O–H groups in total. The van der Waals surface area contributed by atoms with Crippen LogP contribution in [-0.4, -0.2) is 31.3 Å². The second-order valence-corrected chi connectivity index (χ2v) is 4.50. The fraction of sp³-hybridized carbons (Fsp3) is 1.00. The van der Waals surface area contributed by atoms with Gasteiger partial charge < -0.3 is 5.32 Å². The Morgan fingerprint density at radius 1 is 1.50 bits per heavy atom. The molecular weight excluding hydrogens is 178 g/mol. The van der Waals surface area contributed by atoms with Crippen LogP contribution < -0.4 is 5.32 Å². The molecule has 0 unspecified atom stereocenters. The molecule has 0 radical (unpaired) electrons. The lowest BCUT2D eigenvalue weighted by atomic mass is 10.2. The minimum absolute atomic E-state index is 0.207. The van der Waals surface area contributed by atoms with Crippen LogP contribution in [0.3, 0.4) is 0 Å². The largest absolute Gasteiger partial charge is 0.313 e. The maximum atomic E-state index is 10.3. The summed E-state index contributed by atoms with van der Waals surface area (Å²) in [6.07, 6.45) is 2.09. The summed E-state index contributed by atoms with van der Waals surface area (Å²) in [5.41, 5.74) is 0. The molecule has 0 spiro atoms. The van der Waals surface area contributed by atoms with E-state index in [1.54, 1.807) is 0 Å². The van der Waals surface area contributed by atoms with E-state index in [1.165, 1.54) is 0 Å². The lowest BCUT2D eigenvalue weighted by Crippen LogP contribution is -2.30. The summed E-state index contributed by atoms with van der Waals surface area (Å²) in [4.78, 5) is 0. The molecule has 0 aromatic rings. The van der Waals surface area contributed by atoms with E-state index in [9.17, 15) is 8.42 Å². The third-order valence-electron chi connectivity index (χ3n) is 1.57. The predicted octanol–water partition coefficient (Wildman–Crippen LogP) is 0.652. The van der Waals surface area contributed by atoms with Gasteiger partial charge in [-0.15, -0.1) is 0 Å². The van der Waals surface area contributed by atoms with Crippen LogP contribution >= 0.6 is 0 Å². The van der Waals surface area contributed by atoms with E-state index in [1.807, 2.05) is 6.92 Å². The zero-order valence-corrected chi connectivity index (χ0v) is 8.39. The molecule has 0 bridgehead atoms. The fourth-order valence-corrected chi connectivity index (χ4v) is 1.35. The Bertz CT molecular complexity index is 201. The van der Waals surface area contributed by atoms with E-state index < -0.39 is 10.1 Å². The smallest absolute Gasteiger partial charge is 0.266 e. The van der Waals surface area contributed by atoms with Gasteiger partial charge in [0.2, 0.25) is 0 Å². The van der Waals surface area contributed by atoms with Crippen LogP contribution in [-0.2, 0) is 10.1 Å². The maximum absolute atomic E-state index is 10.3. The van der Waals surface area contributed by atoms with Crippen LogP contribution in [0.5, 0.6) is 0 Å². The van der Waals surface area contributed by atoms with Crippen molar-refractivity contribution in [2.24, 2.45) is 0 Å². The van der Waals surface area contributed by atoms with E-state index in [-0.39, 0.29) is 5.75 Å². The Hall–Kier alpha value is -0.130. The molecule has 0 aromatic carbocycles. The molecule has 0 aliphatic heterocycles. The minimum Gasteiger partial charge on any atom is -0.313 e. The van der Waals surface area contributed by atoms with Crippen LogP contribution in [0.4, 0.5) is 0 Å². The normalized spacial score (nSPS) is 14.6. The molecule has 0 aromatic heterocycles. The lowest BCUT2D eigenvalue weighted by Gasteiger charge is -2.10. The Morgan fingerprint density at radius 2 is 2.08 bits per heavy atom. The van der Waals surface area contributed by atoms with Crippen molar-refractivity contribution in [1.29, 1.82) is 0 Å². The fourth-order valence-electron chi connectivity index (χ4n) is 0.969. The number of hydrogen-bond donors (Lipinski definition) is 2. The quantitative estimate of drug-likeness (QED) is 0.611. The standard InChI is InChI=1S/C7H17NO3S/c1-3-4-7(2)8-5-6-12(9,10)11/h7-8H,3-6H2,1-2H3,(H,9,10,11)/t7-/m1/s1. The van der Waals surface area contributed by atoms with E-state index in [0.29, 0.717) is 12.6 Å². The number of rotatable bonds is 6. The molecule has 0 rings (SSSR count). The first-order valence-electron chi connectivity index (χ1n) is 4.14. The first kappa shape index (κ1) is 11.9. The van der Waals surface area contributed by atoms with Crippen molar-refractivity contribution in [3.63, 3.8) is 0 Å². The highest BCUT2D eigenvalue weighted by atomic mass is 32.2. The molecule has 0 aliphatic carbocycles. The lowest BCUT2D eigenvalue weighted by molar-refractivity contribution is 0.472. The van der Waals surface area contributed by atoms with Crippen molar-refractivity contribution >= 4 is 10.1 Å². The summed E-state index contributed by atoms with van der Waals surface area (Å²) in [6, 6.07) is 0.316. The minimum atomic E-state index is -3.80. The molecule has 0 saturated heterocycles. The van der Waals surface area contributed by atoms with Gasteiger partial charge in [0, 0.05) is 12.6 Å². The van der Waals surface area contributed by atoms with Gasteiger partial charge in [-0.25, -0.2) is 0 Å².